The van der Waals surface area contributed by atoms with Gasteiger partial charge in [0.2, 0.25) is 0 Å². The molecule has 102 valence electrons. The molecule has 5 heteroatoms. The molecule has 1 rings (SSSR count). The quantitative estimate of drug-likeness (QED) is 0.502. The van der Waals surface area contributed by atoms with Crippen molar-refractivity contribution in [2.24, 2.45) is 0 Å². The van der Waals surface area contributed by atoms with Crippen LogP contribution < -0.4 is 4.74 Å². The molecule has 0 fully saturated rings. The molecule has 0 saturated carbocycles. The second-order valence-corrected chi connectivity index (χ2v) is 4.84. The monoisotopic (exact) mass is 324 g/mol. The molecule has 0 aliphatic carbocycles. The van der Waals surface area contributed by atoms with E-state index in [9.17, 15) is 13.2 Å². The van der Waals surface area contributed by atoms with Gasteiger partial charge in [0.05, 0.1) is 0 Å². The van der Waals surface area contributed by atoms with Crippen molar-refractivity contribution in [2.75, 3.05) is 5.33 Å². The summed E-state index contributed by atoms with van der Waals surface area (Å²) in [5.41, 5.74) is 1.04. The van der Waals surface area contributed by atoms with Gasteiger partial charge < -0.3 is 4.74 Å². The molecule has 0 radical (unpaired) electrons. The largest absolute Gasteiger partial charge is 0.573 e. The Labute approximate surface area is 113 Å². The molecular weight excluding hydrogens is 309 g/mol. The molecule has 0 aliphatic heterocycles. The van der Waals surface area contributed by atoms with E-state index in [0.717, 1.165) is 30.2 Å². The van der Waals surface area contributed by atoms with Crippen molar-refractivity contribution in [3.63, 3.8) is 0 Å². The average Bonchev–Trinajstić information content (AvgIpc) is 2.29. The lowest BCUT2D eigenvalue weighted by atomic mass is 10.1. The Morgan fingerprint density at radius 3 is 2.11 bits per heavy atom. The smallest absolute Gasteiger partial charge is 0.406 e. The zero-order valence-corrected chi connectivity index (χ0v) is 11.6. The van der Waals surface area contributed by atoms with E-state index in [1.165, 1.54) is 25.0 Å². The molecule has 0 heterocycles. The number of hydrogen-bond acceptors (Lipinski definition) is 1. The van der Waals surface area contributed by atoms with Crippen LogP contribution in [0.15, 0.2) is 24.3 Å². The normalized spacial score (nSPS) is 11.6. The third-order valence-electron chi connectivity index (χ3n) is 2.51. The standard InChI is InChI=1S/C13H16BrF3O/c14-10-4-2-1-3-5-11-6-8-12(9-7-11)18-13(15,16)17/h6-9H,1-5,10H2. The Balaban J connectivity index is 2.32. The van der Waals surface area contributed by atoms with Gasteiger partial charge >= 0.3 is 6.36 Å². The second kappa shape index (κ2) is 7.67. The third-order valence-corrected chi connectivity index (χ3v) is 3.07. The first-order valence-electron chi connectivity index (χ1n) is 5.92. The lowest BCUT2D eigenvalue weighted by molar-refractivity contribution is -0.274. The Morgan fingerprint density at radius 2 is 1.56 bits per heavy atom. The minimum atomic E-state index is -4.61. The van der Waals surface area contributed by atoms with Gasteiger partial charge in [0.25, 0.3) is 0 Å². The van der Waals surface area contributed by atoms with Gasteiger partial charge in [0.15, 0.2) is 0 Å². The molecule has 0 amide bonds. The van der Waals surface area contributed by atoms with Crippen LogP contribution in [-0.4, -0.2) is 11.7 Å². The highest BCUT2D eigenvalue weighted by Gasteiger charge is 2.30. The van der Waals surface area contributed by atoms with Crippen LogP contribution in [0.5, 0.6) is 5.75 Å². The molecule has 0 spiro atoms. The predicted octanol–water partition coefficient (Wildman–Crippen LogP) is 5.08. The van der Waals surface area contributed by atoms with Gasteiger partial charge in [-0.25, -0.2) is 0 Å². The van der Waals surface area contributed by atoms with E-state index in [1.807, 2.05) is 0 Å². The highest BCUT2D eigenvalue weighted by molar-refractivity contribution is 9.09. The summed E-state index contributed by atoms with van der Waals surface area (Å²) in [6.07, 6.45) is 0.837. The third kappa shape index (κ3) is 6.89. The summed E-state index contributed by atoms with van der Waals surface area (Å²) in [5, 5.41) is 1.02. The number of ether oxygens (including phenoxy) is 1. The molecular formula is C13H16BrF3O. The van der Waals surface area contributed by atoms with E-state index >= 15 is 0 Å². The number of rotatable bonds is 7. The van der Waals surface area contributed by atoms with Gasteiger partial charge in [-0.15, -0.1) is 13.2 Å². The fraction of sp³-hybridized carbons (Fsp3) is 0.538. The summed E-state index contributed by atoms with van der Waals surface area (Å²) < 4.78 is 39.6. The summed E-state index contributed by atoms with van der Waals surface area (Å²) in [7, 11) is 0. The minimum Gasteiger partial charge on any atom is -0.406 e. The number of aryl methyl sites for hydroxylation is 1. The predicted molar refractivity (Wildman–Crippen MR) is 69.1 cm³/mol. The highest BCUT2D eigenvalue weighted by atomic mass is 79.9. The van der Waals surface area contributed by atoms with Crippen LogP contribution in [0.2, 0.25) is 0 Å². The topological polar surface area (TPSA) is 9.23 Å². The van der Waals surface area contributed by atoms with E-state index in [0.29, 0.717) is 0 Å². The molecule has 0 aliphatic rings. The Morgan fingerprint density at radius 1 is 0.944 bits per heavy atom. The van der Waals surface area contributed by atoms with Crippen LogP contribution in [-0.2, 0) is 6.42 Å². The molecule has 18 heavy (non-hydrogen) atoms. The Kier molecular flexibility index (Phi) is 6.54. The van der Waals surface area contributed by atoms with Crippen LogP contribution >= 0.6 is 15.9 Å². The summed E-state index contributed by atoms with van der Waals surface area (Å²) in [4.78, 5) is 0. The van der Waals surface area contributed by atoms with Crippen LogP contribution in [0, 0.1) is 0 Å². The van der Waals surface area contributed by atoms with Gasteiger partial charge in [-0.1, -0.05) is 40.9 Å². The summed E-state index contributed by atoms with van der Waals surface area (Å²) in [6.45, 7) is 0. The zero-order chi connectivity index (χ0) is 13.4. The fourth-order valence-electron chi connectivity index (χ4n) is 1.63. The number of benzene rings is 1. The number of halogens is 4. The van der Waals surface area contributed by atoms with Crippen LogP contribution in [0.1, 0.15) is 31.2 Å². The van der Waals surface area contributed by atoms with E-state index in [2.05, 4.69) is 20.7 Å². The number of unbranched alkanes of at least 4 members (excludes halogenated alkanes) is 3. The van der Waals surface area contributed by atoms with Gasteiger partial charge in [0, 0.05) is 5.33 Å². The second-order valence-electron chi connectivity index (χ2n) is 4.04. The lowest BCUT2D eigenvalue weighted by Crippen LogP contribution is -2.17. The lowest BCUT2D eigenvalue weighted by Gasteiger charge is -2.09. The Bertz CT molecular complexity index is 335. The van der Waals surface area contributed by atoms with Crippen molar-refractivity contribution in [1.82, 2.24) is 0 Å². The molecule has 0 atom stereocenters. The van der Waals surface area contributed by atoms with E-state index < -0.39 is 6.36 Å². The first-order chi connectivity index (χ1) is 8.51. The van der Waals surface area contributed by atoms with Crippen molar-refractivity contribution < 1.29 is 17.9 Å². The zero-order valence-electron chi connectivity index (χ0n) is 9.97. The minimum absolute atomic E-state index is 0.162. The average molecular weight is 325 g/mol. The van der Waals surface area contributed by atoms with Gasteiger partial charge in [-0.05, 0) is 37.0 Å². The first kappa shape index (κ1) is 15.3. The maximum atomic E-state index is 11.9. The van der Waals surface area contributed by atoms with Gasteiger partial charge in [0.1, 0.15) is 5.75 Å². The molecule has 0 aromatic heterocycles. The summed E-state index contributed by atoms with van der Waals surface area (Å²) >= 11 is 3.37. The van der Waals surface area contributed by atoms with E-state index in [-0.39, 0.29) is 5.75 Å². The van der Waals surface area contributed by atoms with Crippen molar-refractivity contribution in [1.29, 1.82) is 0 Å². The number of hydrogen-bond donors (Lipinski definition) is 0. The Hall–Kier alpha value is -0.710. The van der Waals surface area contributed by atoms with Crippen LogP contribution in [0.3, 0.4) is 0 Å². The van der Waals surface area contributed by atoms with Crippen molar-refractivity contribution in [2.45, 2.75) is 38.5 Å². The molecule has 0 N–H and O–H groups in total. The fourth-order valence-corrected chi connectivity index (χ4v) is 2.03. The first-order valence-corrected chi connectivity index (χ1v) is 7.04. The van der Waals surface area contributed by atoms with Crippen molar-refractivity contribution in [3.8, 4) is 5.75 Å². The van der Waals surface area contributed by atoms with E-state index in [1.54, 1.807) is 12.1 Å². The van der Waals surface area contributed by atoms with Crippen LogP contribution in [0.25, 0.3) is 0 Å². The molecule has 1 nitrogen and oxygen atoms in total. The van der Waals surface area contributed by atoms with Crippen LogP contribution in [0.4, 0.5) is 13.2 Å². The van der Waals surface area contributed by atoms with Crippen molar-refractivity contribution in [3.05, 3.63) is 29.8 Å². The molecule has 0 saturated heterocycles. The number of alkyl halides is 4. The van der Waals surface area contributed by atoms with Gasteiger partial charge in [-0.2, -0.15) is 0 Å². The SMILES string of the molecule is FC(F)(F)Oc1ccc(CCCCCCBr)cc1. The highest BCUT2D eigenvalue weighted by Crippen LogP contribution is 2.23. The van der Waals surface area contributed by atoms with Gasteiger partial charge in [-0.3, -0.25) is 0 Å². The maximum Gasteiger partial charge on any atom is 0.573 e. The molecule has 1 aromatic rings. The molecule has 0 bridgehead atoms. The summed E-state index contributed by atoms with van der Waals surface area (Å²) in [5.74, 6) is -0.162. The van der Waals surface area contributed by atoms with Crippen molar-refractivity contribution >= 4 is 15.9 Å². The molecule has 0 unspecified atom stereocenters. The maximum absolute atomic E-state index is 11.9. The van der Waals surface area contributed by atoms with E-state index in [4.69, 9.17) is 0 Å². The summed E-state index contributed by atoms with van der Waals surface area (Å²) in [6, 6.07) is 6.10. The molecule has 1 aromatic carbocycles.